The van der Waals surface area contributed by atoms with Gasteiger partial charge in [-0.25, -0.2) is 0 Å². The van der Waals surface area contributed by atoms with E-state index in [-0.39, 0.29) is 11.4 Å². The van der Waals surface area contributed by atoms with E-state index in [1.807, 2.05) is 14.1 Å². The summed E-state index contributed by atoms with van der Waals surface area (Å²) in [5, 5.41) is 6.12. The lowest BCUT2D eigenvalue weighted by Crippen LogP contribution is -2.39. The third-order valence-corrected chi connectivity index (χ3v) is 2.26. The molecule has 0 aromatic rings. The van der Waals surface area contributed by atoms with E-state index in [0.717, 1.165) is 6.54 Å². The van der Waals surface area contributed by atoms with Crippen LogP contribution in [0.5, 0.6) is 0 Å². The van der Waals surface area contributed by atoms with Gasteiger partial charge in [0, 0.05) is 31.6 Å². The Hall–Kier alpha value is -0.650. The average molecular weight is 259 g/mol. The van der Waals surface area contributed by atoms with Gasteiger partial charge in [-0.3, -0.25) is 4.79 Å². The molecule has 0 rings (SSSR count). The van der Waals surface area contributed by atoms with Crippen LogP contribution in [0.2, 0.25) is 0 Å². The standard InChI is InChI=1S/C13H29N3O2/c1-13(2,3)15-7-6-12(17)14-8-10-18-11-9-16(4)5/h15H,6-11H2,1-5H3,(H,14,17). The zero-order valence-electron chi connectivity index (χ0n) is 12.5. The van der Waals surface area contributed by atoms with Gasteiger partial charge in [0.1, 0.15) is 0 Å². The molecule has 5 heteroatoms. The number of rotatable bonds is 9. The highest BCUT2D eigenvalue weighted by molar-refractivity contribution is 5.76. The Bertz CT molecular complexity index is 225. The minimum atomic E-state index is 0.0650. The summed E-state index contributed by atoms with van der Waals surface area (Å²) in [5.41, 5.74) is 0.0650. The molecular weight excluding hydrogens is 230 g/mol. The van der Waals surface area contributed by atoms with Gasteiger partial charge >= 0.3 is 0 Å². The monoisotopic (exact) mass is 259 g/mol. The first-order valence-electron chi connectivity index (χ1n) is 6.55. The van der Waals surface area contributed by atoms with Gasteiger partial charge in [-0.2, -0.15) is 0 Å². The summed E-state index contributed by atoms with van der Waals surface area (Å²) in [6.07, 6.45) is 0.509. The Balaban J connectivity index is 3.32. The molecule has 108 valence electrons. The SMILES string of the molecule is CN(C)CCOCCNC(=O)CCNC(C)(C)C. The Kier molecular flexibility index (Phi) is 8.97. The van der Waals surface area contributed by atoms with Crippen molar-refractivity contribution in [1.29, 1.82) is 0 Å². The van der Waals surface area contributed by atoms with Gasteiger partial charge < -0.3 is 20.3 Å². The second-order valence-electron chi connectivity index (χ2n) is 5.69. The zero-order chi connectivity index (χ0) is 14.0. The lowest BCUT2D eigenvalue weighted by atomic mass is 10.1. The van der Waals surface area contributed by atoms with Crippen LogP contribution in [-0.2, 0) is 9.53 Å². The molecule has 0 bridgehead atoms. The maximum Gasteiger partial charge on any atom is 0.221 e. The fourth-order valence-electron chi connectivity index (χ4n) is 1.25. The molecule has 18 heavy (non-hydrogen) atoms. The van der Waals surface area contributed by atoms with Crippen LogP contribution in [0.4, 0.5) is 0 Å². The number of carbonyl (C=O) groups is 1. The van der Waals surface area contributed by atoms with Crippen LogP contribution in [0.1, 0.15) is 27.2 Å². The Morgan fingerprint density at radius 3 is 2.39 bits per heavy atom. The molecule has 0 aromatic heterocycles. The van der Waals surface area contributed by atoms with Gasteiger partial charge in [-0.15, -0.1) is 0 Å². The van der Waals surface area contributed by atoms with E-state index in [1.165, 1.54) is 0 Å². The number of carbonyl (C=O) groups excluding carboxylic acids is 1. The summed E-state index contributed by atoms with van der Waals surface area (Å²) in [4.78, 5) is 13.5. The lowest BCUT2D eigenvalue weighted by molar-refractivity contribution is -0.121. The van der Waals surface area contributed by atoms with Gasteiger partial charge in [-0.05, 0) is 34.9 Å². The zero-order valence-corrected chi connectivity index (χ0v) is 12.5. The normalized spacial score (nSPS) is 11.9. The fraction of sp³-hybridized carbons (Fsp3) is 0.923. The van der Waals surface area contributed by atoms with Crippen molar-refractivity contribution in [3.8, 4) is 0 Å². The van der Waals surface area contributed by atoms with Gasteiger partial charge in [0.2, 0.25) is 5.91 Å². The van der Waals surface area contributed by atoms with Crippen molar-refractivity contribution in [2.75, 3.05) is 46.9 Å². The molecular formula is C13H29N3O2. The molecule has 2 N–H and O–H groups in total. The predicted molar refractivity (Wildman–Crippen MR) is 74.8 cm³/mol. The third-order valence-electron chi connectivity index (χ3n) is 2.26. The van der Waals surface area contributed by atoms with E-state index in [2.05, 4.69) is 36.3 Å². The molecule has 0 saturated heterocycles. The largest absolute Gasteiger partial charge is 0.378 e. The van der Waals surface area contributed by atoms with Crippen molar-refractivity contribution in [1.82, 2.24) is 15.5 Å². The number of amides is 1. The second-order valence-corrected chi connectivity index (χ2v) is 5.69. The van der Waals surface area contributed by atoms with E-state index in [4.69, 9.17) is 4.74 Å². The molecule has 0 aliphatic heterocycles. The van der Waals surface area contributed by atoms with E-state index < -0.39 is 0 Å². The molecule has 0 fully saturated rings. The van der Waals surface area contributed by atoms with Crippen LogP contribution >= 0.6 is 0 Å². The van der Waals surface area contributed by atoms with Gasteiger partial charge in [0.05, 0.1) is 13.2 Å². The van der Waals surface area contributed by atoms with Crippen LogP contribution in [0.15, 0.2) is 0 Å². The smallest absolute Gasteiger partial charge is 0.221 e. The molecule has 0 spiro atoms. The number of likely N-dealkylation sites (N-methyl/N-ethyl adjacent to an activating group) is 1. The number of hydrogen-bond donors (Lipinski definition) is 2. The van der Waals surface area contributed by atoms with Crippen molar-refractivity contribution in [2.24, 2.45) is 0 Å². The van der Waals surface area contributed by atoms with Crippen molar-refractivity contribution in [3.63, 3.8) is 0 Å². The molecule has 5 nitrogen and oxygen atoms in total. The van der Waals surface area contributed by atoms with Crippen LogP contribution in [0.3, 0.4) is 0 Å². The van der Waals surface area contributed by atoms with Crippen LogP contribution < -0.4 is 10.6 Å². The summed E-state index contributed by atoms with van der Waals surface area (Å²) in [7, 11) is 4.01. The average Bonchev–Trinajstić information content (AvgIpc) is 2.20. The van der Waals surface area contributed by atoms with Gasteiger partial charge in [0.25, 0.3) is 0 Å². The number of nitrogens with one attached hydrogen (secondary N) is 2. The van der Waals surface area contributed by atoms with Crippen molar-refractivity contribution in [2.45, 2.75) is 32.7 Å². The fourth-order valence-corrected chi connectivity index (χ4v) is 1.25. The van der Waals surface area contributed by atoms with E-state index in [9.17, 15) is 4.79 Å². The minimum Gasteiger partial charge on any atom is -0.378 e. The Labute approximate surface area is 111 Å². The second kappa shape index (κ2) is 9.30. The first-order valence-corrected chi connectivity index (χ1v) is 6.55. The minimum absolute atomic E-state index is 0.0650. The van der Waals surface area contributed by atoms with Gasteiger partial charge in [-0.1, -0.05) is 0 Å². The van der Waals surface area contributed by atoms with Crippen molar-refractivity contribution >= 4 is 5.91 Å². The third kappa shape index (κ3) is 13.4. The van der Waals surface area contributed by atoms with Gasteiger partial charge in [0.15, 0.2) is 0 Å². The highest BCUT2D eigenvalue weighted by Crippen LogP contribution is 1.97. The molecule has 0 aromatic carbocycles. The highest BCUT2D eigenvalue weighted by Gasteiger charge is 2.09. The molecule has 0 radical (unpaired) electrons. The summed E-state index contributed by atoms with van der Waals surface area (Å²) in [5.74, 6) is 0.0722. The molecule has 1 amide bonds. The van der Waals surface area contributed by atoms with Crippen molar-refractivity contribution < 1.29 is 9.53 Å². The van der Waals surface area contributed by atoms with E-state index in [0.29, 0.717) is 32.7 Å². The number of hydrogen-bond acceptors (Lipinski definition) is 4. The quantitative estimate of drug-likeness (QED) is 0.591. The molecule has 0 aliphatic carbocycles. The van der Waals surface area contributed by atoms with Crippen LogP contribution in [-0.4, -0.2) is 63.3 Å². The summed E-state index contributed by atoms with van der Waals surface area (Å²) in [6.45, 7) is 9.74. The summed E-state index contributed by atoms with van der Waals surface area (Å²) in [6, 6.07) is 0. The Morgan fingerprint density at radius 1 is 1.17 bits per heavy atom. The maximum atomic E-state index is 11.5. The van der Waals surface area contributed by atoms with E-state index >= 15 is 0 Å². The Morgan fingerprint density at radius 2 is 1.83 bits per heavy atom. The highest BCUT2D eigenvalue weighted by atomic mass is 16.5. The molecule has 0 heterocycles. The summed E-state index contributed by atoms with van der Waals surface area (Å²) < 4.78 is 5.38. The first-order chi connectivity index (χ1) is 8.31. The van der Waals surface area contributed by atoms with Crippen LogP contribution in [0.25, 0.3) is 0 Å². The molecule has 0 atom stereocenters. The lowest BCUT2D eigenvalue weighted by Gasteiger charge is -2.20. The van der Waals surface area contributed by atoms with E-state index in [1.54, 1.807) is 0 Å². The molecule has 0 aliphatic rings. The van der Waals surface area contributed by atoms with Crippen LogP contribution in [0, 0.1) is 0 Å². The maximum absolute atomic E-state index is 11.5. The van der Waals surface area contributed by atoms with Crippen molar-refractivity contribution in [3.05, 3.63) is 0 Å². The number of nitrogens with zero attached hydrogens (tertiary/aromatic N) is 1. The predicted octanol–water partition coefficient (Wildman–Crippen LogP) is 0.459. The molecule has 0 unspecified atom stereocenters. The topological polar surface area (TPSA) is 53.6 Å². The number of ether oxygens (including phenoxy) is 1. The molecule has 0 saturated carbocycles. The summed E-state index contributed by atoms with van der Waals surface area (Å²) >= 11 is 0. The first kappa shape index (κ1) is 17.4.